The first-order valence-corrected chi connectivity index (χ1v) is 14.6. The molecule has 5 nitrogen and oxygen atoms in total. The van der Waals surface area contributed by atoms with Gasteiger partial charge in [-0.1, -0.05) is 119 Å². The van der Waals surface area contributed by atoms with Crippen molar-refractivity contribution in [2.24, 2.45) is 0 Å². The van der Waals surface area contributed by atoms with Crippen LogP contribution in [0.5, 0.6) is 0 Å². The second-order valence-corrected chi connectivity index (χ2v) is 11.3. The molecule has 1 saturated heterocycles. The number of allylic oxidation sites excluding steroid dienone is 1. The van der Waals surface area contributed by atoms with Crippen LogP contribution in [0.3, 0.4) is 0 Å². The first kappa shape index (κ1) is 29.1. The summed E-state index contributed by atoms with van der Waals surface area (Å²) in [5, 5.41) is 0.780. The number of hydrogen-bond donors (Lipinski definition) is 0. The second-order valence-electron chi connectivity index (χ2n) is 10.7. The van der Waals surface area contributed by atoms with Gasteiger partial charge >= 0.3 is 6.09 Å². The van der Waals surface area contributed by atoms with E-state index in [1.54, 1.807) is 4.90 Å². The zero-order chi connectivity index (χ0) is 27.7. The fourth-order valence-corrected chi connectivity index (χ4v) is 5.27. The molecule has 1 amide bonds. The number of rotatable bonds is 10. The largest absolute Gasteiger partial charge is 0.444 e. The van der Waals surface area contributed by atoms with Crippen LogP contribution >= 0.6 is 15.9 Å². The van der Waals surface area contributed by atoms with Crippen LogP contribution in [0.1, 0.15) is 43.9 Å². The summed E-state index contributed by atoms with van der Waals surface area (Å²) in [6.45, 7) is 6.92. The van der Waals surface area contributed by atoms with Gasteiger partial charge in [-0.15, -0.1) is 0 Å². The van der Waals surface area contributed by atoms with Crippen molar-refractivity contribution in [2.45, 2.75) is 50.5 Å². The molecular formula is C33H38BrNO4. The highest BCUT2D eigenvalue weighted by molar-refractivity contribution is 9.09. The molecule has 1 heterocycles. The Morgan fingerprint density at radius 1 is 0.872 bits per heavy atom. The van der Waals surface area contributed by atoms with E-state index in [1.807, 2.05) is 87.5 Å². The van der Waals surface area contributed by atoms with Crippen LogP contribution in [0, 0.1) is 0 Å². The van der Waals surface area contributed by atoms with E-state index < -0.39 is 11.2 Å². The summed E-state index contributed by atoms with van der Waals surface area (Å²) < 4.78 is 19.0. The Hall–Kier alpha value is -2.93. The van der Waals surface area contributed by atoms with Crippen LogP contribution < -0.4 is 0 Å². The molecule has 0 bridgehead atoms. The minimum absolute atomic E-state index is 0.106. The summed E-state index contributed by atoms with van der Waals surface area (Å²) in [6, 6.07) is 30.6. The predicted molar refractivity (Wildman–Crippen MR) is 159 cm³/mol. The van der Waals surface area contributed by atoms with Crippen LogP contribution in [-0.2, 0) is 19.8 Å². The summed E-state index contributed by atoms with van der Waals surface area (Å²) in [5.74, 6) is 0. The minimum atomic E-state index is -0.860. The zero-order valence-corrected chi connectivity index (χ0v) is 24.5. The number of benzene rings is 3. The molecule has 1 aliphatic rings. The van der Waals surface area contributed by atoms with Crippen molar-refractivity contribution in [3.8, 4) is 0 Å². The van der Waals surface area contributed by atoms with Crippen molar-refractivity contribution in [3.05, 3.63) is 120 Å². The van der Waals surface area contributed by atoms with Gasteiger partial charge in [0.2, 0.25) is 0 Å². The Morgan fingerprint density at radius 3 is 1.85 bits per heavy atom. The van der Waals surface area contributed by atoms with Gasteiger partial charge < -0.3 is 19.1 Å². The number of alkyl halides is 1. The molecule has 0 N–H and O–H groups in total. The molecule has 1 fully saturated rings. The standard InChI is InChI=1S/C33H38BrNO4/c1-32(2,3)39-31(36)35-24-30(37-22-14-13-21-34)23-29(35)25-38-33(26-15-7-4-8-16-26,27-17-9-5-10-18-27)28-19-11-6-12-20-28/h4-20,29-30H,21-25H2,1-3H3/b14-13+/t29-,30-/m0/s1. The summed E-state index contributed by atoms with van der Waals surface area (Å²) in [5.41, 5.74) is 1.62. The van der Waals surface area contributed by atoms with Crippen LogP contribution in [0.4, 0.5) is 4.79 Å². The molecule has 0 aliphatic carbocycles. The molecule has 206 valence electrons. The van der Waals surface area contributed by atoms with Crippen molar-refractivity contribution in [1.82, 2.24) is 4.90 Å². The quantitative estimate of drug-likeness (QED) is 0.140. The Morgan fingerprint density at radius 2 is 1.38 bits per heavy atom. The molecule has 0 unspecified atom stereocenters. The predicted octanol–water partition coefficient (Wildman–Crippen LogP) is 7.34. The average molecular weight is 593 g/mol. The normalized spacial score (nSPS) is 18.0. The third kappa shape index (κ3) is 7.38. The molecule has 0 saturated carbocycles. The number of carbonyl (C=O) groups is 1. The first-order chi connectivity index (χ1) is 18.8. The molecule has 0 radical (unpaired) electrons. The Balaban J connectivity index is 1.68. The highest BCUT2D eigenvalue weighted by Gasteiger charge is 2.42. The topological polar surface area (TPSA) is 48.0 Å². The number of hydrogen-bond acceptors (Lipinski definition) is 4. The maximum absolute atomic E-state index is 13.3. The van der Waals surface area contributed by atoms with Crippen LogP contribution in [0.15, 0.2) is 103 Å². The molecule has 3 aromatic carbocycles. The van der Waals surface area contributed by atoms with Gasteiger partial charge in [-0.05, 0) is 43.9 Å². The molecule has 39 heavy (non-hydrogen) atoms. The van der Waals surface area contributed by atoms with E-state index in [2.05, 4.69) is 52.3 Å². The van der Waals surface area contributed by atoms with Gasteiger partial charge in [0.25, 0.3) is 0 Å². The third-order valence-corrected chi connectivity index (χ3v) is 7.09. The van der Waals surface area contributed by atoms with E-state index in [4.69, 9.17) is 14.2 Å². The fraction of sp³-hybridized carbons (Fsp3) is 0.364. The Bertz CT molecular complexity index is 1100. The van der Waals surface area contributed by atoms with E-state index in [-0.39, 0.29) is 18.2 Å². The molecule has 1 aliphatic heterocycles. The highest BCUT2D eigenvalue weighted by atomic mass is 79.9. The number of likely N-dealkylation sites (tertiary alicyclic amines) is 1. The zero-order valence-electron chi connectivity index (χ0n) is 23.0. The van der Waals surface area contributed by atoms with E-state index in [1.165, 1.54) is 0 Å². The average Bonchev–Trinajstić information content (AvgIpc) is 3.36. The maximum Gasteiger partial charge on any atom is 0.410 e. The summed E-state index contributed by atoms with van der Waals surface area (Å²) in [7, 11) is 0. The monoisotopic (exact) mass is 591 g/mol. The lowest BCUT2D eigenvalue weighted by Crippen LogP contribution is -2.44. The van der Waals surface area contributed by atoms with Crippen molar-refractivity contribution in [3.63, 3.8) is 0 Å². The van der Waals surface area contributed by atoms with Gasteiger partial charge in [-0.3, -0.25) is 0 Å². The van der Waals surface area contributed by atoms with Crippen molar-refractivity contribution >= 4 is 22.0 Å². The van der Waals surface area contributed by atoms with E-state index in [9.17, 15) is 4.79 Å². The molecule has 0 aromatic heterocycles. The maximum atomic E-state index is 13.3. The lowest BCUT2D eigenvalue weighted by atomic mass is 9.80. The minimum Gasteiger partial charge on any atom is -0.444 e. The lowest BCUT2D eigenvalue weighted by Gasteiger charge is -2.38. The summed E-state index contributed by atoms with van der Waals surface area (Å²) >= 11 is 3.40. The SMILES string of the molecule is CC(C)(C)OC(=O)N1C[C@@H](OC/C=C/CBr)C[C@H]1COC(c1ccccc1)(c1ccccc1)c1ccccc1. The summed E-state index contributed by atoms with van der Waals surface area (Å²) in [4.78, 5) is 15.1. The van der Waals surface area contributed by atoms with Crippen LogP contribution in [0.25, 0.3) is 0 Å². The fourth-order valence-electron chi connectivity index (χ4n) is 5.01. The molecule has 2 atom stereocenters. The number of amides is 1. The first-order valence-electron chi connectivity index (χ1n) is 13.5. The molecule has 6 heteroatoms. The molecule has 3 aromatic rings. The molecular weight excluding hydrogens is 554 g/mol. The number of carbonyl (C=O) groups excluding carboxylic acids is 1. The number of halogens is 1. The Labute approximate surface area is 240 Å². The van der Waals surface area contributed by atoms with Crippen molar-refractivity contribution < 1.29 is 19.0 Å². The van der Waals surface area contributed by atoms with Gasteiger partial charge in [0, 0.05) is 5.33 Å². The van der Waals surface area contributed by atoms with Crippen molar-refractivity contribution in [1.29, 1.82) is 0 Å². The molecule has 0 spiro atoms. The number of nitrogens with zero attached hydrogens (tertiary/aromatic N) is 1. The highest BCUT2D eigenvalue weighted by Crippen LogP contribution is 2.41. The second kappa shape index (κ2) is 13.4. The van der Waals surface area contributed by atoms with Crippen molar-refractivity contribution in [2.75, 3.05) is 25.1 Å². The van der Waals surface area contributed by atoms with Gasteiger partial charge in [0.1, 0.15) is 11.2 Å². The van der Waals surface area contributed by atoms with Crippen LogP contribution in [0.2, 0.25) is 0 Å². The van der Waals surface area contributed by atoms with E-state index in [0.717, 1.165) is 22.0 Å². The summed E-state index contributed by atoms with van der Waals surface area (Å²) in [6.07, 6.45) is 4.21. The molecule has 4 rings (SSSR count). The third-order valence-electron chi connectivity index (χ3n) is 6.72. The van der Waals surface area contributed by atoms with E-state index in [0.29, 0.717) is 26.2 Å². The van der Waals surface area contributed by atoms with Gasteiger partial charge in [-0.25, -0.2) is 4.79 Å². The van der Waals surface area contributed by atoms with Gasteiger partial charge in [0.15, 0.2) is 0 Å². The lowest BCUT2D eigenvalue weighted by molar-refractivity contribution is -0.0251. The Kier molecular flexibility index (Phi) is 10.0. The smallest absolute Gasteiger partial charge is 0.410 e. The van der Waals surface area contributed by atoms with Crippen LogP contribution in [-0.4, -0.2) is 53.8 Å². The van der Waals surface area contributed by atoms with E-state index >= 15 is 0 Å². The van der Waals surface area contributed by atoms with Gasteiger partial charge in [-0.2, -0.15) is 0 Å². The van der Waals surface area contributed by atoms with Gasteiger partial charge in [0.05, 0.1) is 31.9 Å². The number of ether oxygens (including phenoxy) is 3.